The number of hydrogen-bond donors (Lipinski definition) is 4. The highest BCUT2D eigenvalue weighted by atomic mass is 16.1. The number of carbonyl (C=O) groups excluding carboxylic acids is 1. The first kappa shape index (κ1) is 16.5. The zero-order chi connectivity index (χ0) is 18.0. The van der Waals surface area contributed by atoms with Crippen LogP contribution in [0, 0.1) is 0 Å². The molecule has 7 nitrogen and oxygen atoms in total. The monoisotopic (exact) mass is 350 g/mol. The molecule has 2 aromatic heterocycles. The molecule has 1 fully saturated rings. The number of nitrogens with two attached hydrogens (primary N) is 1. The summed E-state index contributed by atoms with van der Waals surface area (Å²) in [5, 5.41) is 7.13. The molecule has 0 atom stereocenters. The Morgan fingerprint density at radius 3 is 2.73 bits per heavy atom. The number of benzene rings is 1. The summed E-state index contributed by atoms with van der Waals surface area (Å²) < 4.78 is 0. The van der Waals surface area contributed by atoms with E-state index >= 15 is 0 Å². The highest BCUT2D eigenvalue weighted by Gasteiger charge is 2.39. The lowest BCUT2D eigenvalue weighted by atomic mass is 10.2. The van der Waals surface area contributed by atoms with Gasteiger partial charge in [-0.1, -0.05) is 30.3 Å². The Balaban J connectivity index is 1.42. The van der Waals surface area contributed by atoms with E-state index in [1.807, 2.05) is 42.6 Å². The van der Waals surface area contributed by atoms with Crippen molar-refractivity contribution in [3.8, 4) is 11.4 Å². The van der Waals surface area contributed by atoms with Gasteiger partial charge in [0.1, 0.15) is 11.5 Å². The van der Waals surface area contributed by atoms with Gasteiger partial charge in [0, 0.05) is 36.8 Å². The Kier molecular flexibility index (Phi) is 4.30. The molecule has 1 amide bonds. The minimum atomic E-state index is -0.258. The second-order valence-electron chi connectivity index (χ2n) is 6.82. The van der Waals surface area contributed by atoms with E-state index in [9.17, 15) is 4.79 Å². The highest BCUT2D eigenvalue weighted by molar-refractivity contribution is 5.88. The van der Waals surface area contributed by atoms with Gasteiger partial charge >= 0.3 is 0 Å². The summed E-state index contributed by atoms with van der Waals surface area (Å²) in [5.74, 6) is 1.42. The Morgan fingerprint density at radius 1 is 1.15 bits per heavy atom. The molecule has 0 spiro atoms. The van der Waals surface area contributed by atoms with Gasteiger partial charge in [0.05, 0.1) is 5.39 Å². The Labute approximate surface area is 151 Å². The van der Waals surface area contributed by atoms with E-state index in [2.05, 4.69) is 25.6 Å². The van der Waals surface area contributed by atoms with Crippen LogP contribution < -0.4 is 16.4 Å². The van der Waals surface area contributed by atoms with E-state index in [1.54, 1.807) is 0 Å². The van der Waals surface area contributed by atoms with Gasteiger partial charge in [-0.3, -0.25) is 4.79 Å². The lowest BCUT2D eigenvalue weighted by molar-refractivity contribution is -0.121. The molecular formula is C19H22N6O. The SMILES string of the molecule is NC1(CC(=O)NCCNc2nc(-c3ccccc3)nc3[nH]ccc23)CC1. The highest BCUT2D eigenvalue weighted by Crippen LogP contribution is 2.35. The fraction of sp³-hybridized carbons (Fsp3) is 0.316. The minimum Gasteiger partial charge on any atom is -0.368 e. The fourth-order valence-electron chi connectivity index (χ4n) is 2.89. The first-order chi connectivity index (χ1) is 12.6. The van der Waals surface area contributed by atoms with Gasteiger partial charge in [-0.15, -0.1) is 0 Å². The third kappa shape index (κ3) is 3.67. The van der Waals surface area contributed by atoms with Crippen LogP contribution in [0.1, 0.15) is 19.3 Å². The summed E-state index contributed by atoms with van der Waals surface area (Å²) in [6.45, 7) is 1.10. The number of amides is 1. The summed E-state index contributed by atoms with van der Waals surface area (Å²) in [6.07, 6.45) is 4.12. The number of rotatable bonds is 7. The summed E-state index contributed by atoms with van der Waals surface area (Å²) in [7, 11) is 0. The largest absolute Gasteiger partial charge is 0.368 e. The summed E-state index contributed by atoms with van der Waals surface area (Å²) in [5.41, 5.74) is 7.45. The Hall–Kier alpha value is -2.93. The van der Waals surface area contributed by atoms with E-state index < -0.39 is 0 Å². The zero-order valence-electron chi connectivity index (χ0n) is 14.5. The van der Waals surface area contributed by atoms with Crippen LogP contribution in [0.3, 0.4) is 0 Å². The molecule has 0 radical (unpaired) electrons. The second-order valence-corrected chi connectivity index (χ2v) is 6.82. The lowest BCUT2D eigenvalue weighted by Crippen LogP contribution is -2.35. The predicted octanol–water partition coefficient (Wildman–Crippen LogP) is 2.03. The van der Waals surface area contributed by atoms with Crippen molar-refractivity contribution in [2.24, 2.45) is 5.73 Å². The number of aromatic nitrogens is 3. The molecule has 134 valence electrons. The van der Waals surface area contributed by atoms with Crippen molar-refractivity contribution >= 4 is 22.8 Å². The number of H-pyrrole nitrogens is 1. The van der Waals surface area contributed by atoms with Crippen molar-refractivity contribution in [1.82, 2.24) is 20.3 Å². The van der Waals surface area contributed by atoms with Crippen molar-refractivity contribution in [2.45, 2.75) is 24.8 Å². The average Bonchev–Trinajstić information content (AvgIpc) is 3.18. The normalized spacial score (nSPS) is 15.0. The van der Waals surface area contributed by atoms with Crippen LogP contribution in [0.15, 0.2) is 42.6 Å². The first-order valence-corrected chi connectivity index (χ1v) is 8.83. The number of aromatic amines is 1. The van der Waals surface area contributed by atoms with E-state index in [4.69, 9.17) is 5.73 Å². The van der Waals surface area contributed by atoms with E-state index in [0.717, 1.165) is 35.3 Å². The molecule has 0 unspecified atom stereocenters. The molecule has 2 heterocycles. The molecule has 7 heteroatoms. The second kappa shape index (κ2) is 6.76. The summed E-state index contributed by atoms with van der Waals surface area (Å²) >= 11 is 0. The third-order valence-corrected chi connectivity index (χ3v) is 4.59. The number of anilines is 1. The summed E-state index contributed by atoms with van der Waals surface area (Å²) in [6, 6.07) is 11.8. The Morgan fingerprint density at radius 2 is 1.96 bits per heavy atom. The van der Waals surface area contributed by atoms with Crippen molar-refractivity contribution < 1.29 is 4.79 Å². The number of hydrogen-bond acceptors (Lipinski definition) is 5. The summed E-state index contributed by atoms with van der Waals surface area (Å²) in [4.78, 5) is 24.2. The maximum absolute atomic E-state index is 11.9. The van der Waals surface area contributed by atoms with Gasteiger partial charge in [-0.2, -0.15) is 0 Å². The van der Waals surface area contributed by atoms with Gasteiger partial charge < -0.3 is 21.4 Å². The smallest absolute Gasteiger partial charge is 0.221 e. The van der Waals surface area contributed by atoms with E-state index in [-0.39, 0.29) is 11.4 Å². The molecule has 1 saturated carbocycles. The molecule has 5 N–H and O–H groups in total. The molecule has 0 saturated heterocycles. The molecule has 26 heavy (non-hydrogen) atoms. The van der Waals surface area contributed by atoms with Crippen LogP contribution in [-0.2, 0) is 4.79 Å². The van der Waals surface area contributed by atoms with Crippen LogP contribution in [0.4, 0.5) is 5.82 Å². The van der Waals surface area contributed by atoms with Gasteiger partial charge in [-0.25, -0.2) is 9.97 Å². The van der Waals surface area contributed by atoms with Crippen LogP contribution in [0.5, 0.6) is 0 Å². The molecule has 1 aromatic carbocycles. The third-order valence-electron chi connectivity index (χ3n) is 4.59. The van der Waals surface area contributed by atoms with Gasteiger partial charge in [-0.05, 0) is 18.9 Å². The number of nitrogens with one attached hydrogen (secondary N) is 3. The maximum atomic E-state index is 11.9. The van der Waals surface area contributed by atoms with Crippen LogP contribution in [0.25, 0.3) is 22.4 Å². The van der Waals surface area contributed by atoms with Crippen LogP contribution >= 0.6 is 0 Å². The van der Waals surface area contributed by atoms with Crippen molar-refractivity contribution in [1.29, 1.82) is 0 Å². The van der Waals surface area contributed by atoms with E-state index in [1.165, 1.54) is 0 Å². The van der Waals surface area contributed by atoms with Gasteiger partial charge in [0.25, 0.3) is 0 Å². The fourth-order valence-corrected chi connectivity index (χ4v) is 2.89. The predicted molar refractivity (Wildman–Crippen MR) is 102 cm³/mol. The lowest BCUT2D eigenvalue weighted by Gasteiger charge is -2.11. The molecule has 0 aliphatic heterocycles. The molecular weight excluding hydrogens is 328 g/mol. The van der Waals surface area contributed by atoms with Crippen LogP contribution in [0.2, 0.25) is 0 Å². The van der Waals surface area contributed by atoms with Gasteiger partial charge in [0.2, 0.25) is 5.91 Å². The average molecular weight is 350 g/mol. The van der Waals surface area contributed by atoms with Crippen molar-refractivity contribution in [2.75, 3.05) is 18.4 Å². The molecule has 1 aliphatic rings. The molecule has 4 rings (SSSR count). The minimum absolute atomic E-state index is 0.00579. The number of carbonyl (C=O) groups is 1. The molecule has 1 aliphatic carbocycles. The maximum Gasteiger partial charge on any atom is 0.221 e. The number of fused-ring (bicyclic) bond motifs is 1. The first-order valence-electron chi connectivity index (χ1n) is 8.83. The quantitative estimate of drug-likeness (QED) is 0.488. The van der Waals surface area contributed by atoms with Crippen molar-refractivity contribution in [3.05, 3.63) is 42.6 Å². The Bertz CT molecular complexity index is 916. The topological polar surface area (TPSA) is 109 Å². The van der Waals surface area contributed by atoms with E-state index in [0.29, 0.717) is 25.3 Å². The molecule has 0 bridgehead atoms. The van der Waals surface area contributed by atoms with Crippen molar-refractivity contribution in [3.63, 3.8) is 0 Å². The standard InChI is InChI=1S/C19H22N6O/c20-19(7-8-19)12-15(26)21-10-11-23-18-14-6-9-22-17(14)24-16(25-18)13-4-2-1-3-5-13/h1-6,9H,7-8,10-12,20H2,(H,21,26)(H2,22,23,24,25). The zero-order valence-corrected chi connectivity index (χ0v) is 14.5. The van der Waals surface area contributed by atoms with Crippen LogP contribution in [-0.4, -0.2) is 39.5 Å². The number of nitrogens with zero attached hydrogens (tertiary/aromatic N) is 2. The van der Waals surface area contributed by atoms with Gasteiger partial charge in [0.15, 0.2) is 5.82 Å². The molecule has 3 aromatic rings.